The number of rotatable bonds is 4. The van der Waals surface area contributed by atoms with E-state index in [9.17, 15) is 4.79 Å². The maximum absolute atomic E-state index is 10.5. The molecule has 1 rings (SSSR count). The number of carbonyl (C=O) groups is 1. The van der Waals surface area contributed by atoms with E-state index >= 15 is 0 Å². The molecule has 0 fully saturated rings. The van der Waals surface area contributed by atoms with E-state index in [4.69, 9.17) is 5.73 Å². The summed E-state index contributed by atoms with van der Waals surface area (Å²) >= 11 is 1.51. The summed E-state index contributed by atoms with van der Waals surface area (Å²) in [6.07, 6.45) is 2.34. The minimum Gasteiger partial charge on any atom is -0.369 e. The molecule has 0 spiro atoms. The normalized spacial score (nSPS) is 10.1. The van der Waals surface area contributed by atoms with Gasteiger partial charge in [0.25, 0.3) is 0 Å². The van der Waals surface area contributed by atoms with Gasteiger partial charge in [-0.3, -0.25) is 4.79 Å². The van der Waals surface area contributed by atoms with Crippen LogP contribution < -0.4 is 5.73 Å². The number of nitrogens with zero attached hydrogens (tertiary/aromatic N) is 1. The number of thiazole rings is 1. The van der Waals surface area contributed by atoms with E-state index < -0.39 is 0 Å². The minimum absolute atomic E-state index is 0.272. The number of nitrogens with two attached hydrogens (primary N) is 1. The van der Waals surface area contributed by atoms with E-state index in [2.05, 4.69) is 11.9 Å². The molecule has 0 saturated carbocycles. The molecule has 0 aliphatic rings. The molecule has 1 amide bonds. The quantitative estimate of drug-likeness (QED) is 0.762. The van der Waals surface area contributed by atoms with Crippen LogP contribution in [0.3, 0.4) is 0 Å². The van der Waals surface area contributed by atoms with Gasteiger partial charge in [-0.05, 0) is 6.42 Å². The Hall–Kier alpha value is -0.900. The molecule has 0 bridgehead atoms. The van der Waals surface area contributed by atoms with Crippen LogP contribution in [0.5, 0.6) is 0 Å². The maximum atomic E-state index is 10.5. The van der Waals surface area contributed by atoms with E-state index in [-0.39, 0.29) is 12.3 Å². The van der Waals surface area contributed by atoms with Gasteiger partial charge in [-0.1, -0.05) is 13.3 Å². The van der Waals surface area contributed by atoms with Crippen molar-refractivity contribution in [2.45, 2.75) is 26.2 Å². The molecule has 1 aromatic heterocycles. The summed E-state index contributed by atoms with van der Waals surface area (Å²) in [5.41, 5.74) is 6.10. The number of hydrogen-bond acceptors (Lipinski definition) is 3. The number of amides is 1. The van der Waals surface area contributed by atoms with Crippen LogP contribution >= 0.6 is 11.3 Å². The van der Waals surface area contributed by atoms with Crippen LogP contribution in [-0.2, 0) is 17.6 Å². The Kier molecular flexibility index (Phi) is 3.22. The minimum atomic E-state index is -0.313. The summed E-state index contributed by atoms with van der Waals surface area (Å²) < 4.78 is 0. The predicted molar refractivity (Wildman–Crippen MR) is 49.0 cm³/mol. The van der Waals surface area contributed by atoms with Gasteiger partial charge < -0.3 is 5.73 Å². The van der Waals surface area contributed by atoms with Gasteiger partial charge in [-0.15, -0.1) is 11.3 Å². The van der Waals surface area contributed by atoms with Gasteiger partial charge in [-0.25, -0.2) is 4.98 Å². The van der Waals surface area contributed by atoms with Crippen LogP contribution in [0.1, 0.15) is 24.0 Å². The number of aromatic nitrogens is 1. The van der Waals surface area contributed by atoms with Crippen molar-refractivity contribution in [3.8, 4) is 0 Å². The van der Waals surface area contributed by atoms with Gasteiger partial charge in [0.15, 0.2) is 0 Å². The van der Waals surface area contributed by atoms with E-state index in [0.717, 1.165) is 23.5 Å². The molecule has 0 unspecified atom stereocenters. The van der Waals surface area contributed by atoms with Gasteiger partial charge in [0, 0.05) is 5.38 Å². The summed E-state index contributed by atoms with van der Waals surface area (Å²) in [7, 11) is 0. The Balaban J connectivity index is 2.58. The first-order valence-corrected chi connectivity index (χ1v) is 4.82. The average molecular weight is 184 g/mol. The van der Waals surface area contributed by atoms with Crippen molar-refractivity contribution in [2.24, 2.45) is 5.73 Å². The van der Waals surface area contributed by atoms with E-state index in [1.54, 1.807) is 0 Å². The fourth-order valence-corrected chi connectivity index (χ4v) is 1.79. The van der Waals surface area contributed by atoms with Crippen molar-refractivity contribution in [1.82, 2.24) is 4.98 Å². The van der Waals surface area contributed by atoms with Gasteiger partial charge >= 0.3 is 0 Å². The van der Waals surface area contributed by atoms with E-state index in [1.165, 1.54) is 11.3 Å². The van der Waals surface area contributed by atoms with Crippen LogP contribution in [-0.4, -0.2) is 10.9 Å². The molecule has 3 nitrogen and oxygen atoms in total. The Morgan fingerprint density at radius 1 is 1.75 bits per heavy atom. The fourth-order valence-electron chi connectivity index (χ4n) is 0.950. The Bertz CT molecular complexity index is 270. The molecular weight excluding hydrogens is 172 g/mol. The monoisotopic (exact) mass is 184 g/mol. The average Bonchev–Trinajstić information content (AvgIpc) is 2.36. The maximum Gasteiger partial charge on any atom is 0.224 e. The SMILES string of the molecule is CCCc1csc(CC(N)=O)n1. The molecule has 0 aliphatic heterocycles. The highest BCUT2D eigenvalue weighted by molar-refractivity contribution is 7.09. The molecule has 0 radical (unpaired) electrons. The summed E-state index contributed by atoms with van der Waals surface area (Å²) in [4.78, 5) is 14.8. The first kappa shape index (κ1) is 9.19. The van der Waals surface area contributed by atoms with Crippen molar-refractivity contribution in [2.75, 3.05) is 0 Å². The van der Waals surface area contributed by atoms with Gasteiger partial charge in [0.05, 0.1) is 12.1 Å². The van der Waals surface area contributed by atoms with Gasteiger partial charge in [-0.2, -0.15) is 0 Å². The van der Waals surface area contributed by atoms with Crippen molar-refractivity contribution < 1.29 is 4.79 Å². The molecule has 0 aliphatic carbocycles. The molecule has 1 heterocycles. The van der Waals surface area contributed by atoms with Crippen molar-refractivity contribution in [3.63, 3.8) is 0 Å². The molecule has 4 heteroatoms. The highest BCUT2D eigenvalue weighted by Crippen LogP contribution is 2.11. The van der Waals surface area contributed by atoms with Crippen LogP contribution in [0.4, 0.5) is 0 Å². The van der Waals surface area contributed by atoms with Crippen LogP contribution in [0.15, 0.2) is 5.38 Å². The van der Waals surface area contributed by atoms with Gasteiger partial charge in [0.2, 0.25) is 5.91 Å². The lowest BCUT2D eigenvalue weighted by Gasteiger charge is -1.89. The number of primary amides is 1. The topological polar surface area (TPSA) is 56.0 Å². The summed E-state index contributed by atoms with van der Waals surface area (Å²) in [6, 6.07) is 0. The molecule has 1 aromatic rings. The van der Waals surface area contributed by atoms with Crippen LogP contribution in [0, 0.1) is 0 Å². The van der Waals surface area contributed by atoms with Crippen molar-refractivity contribution in [1.29, 1.82) is 0 Å². The number of carbonyl (C=O) groups excluding carboxylic acids is 1. The number of hydrogen-bond donors (Lipinski definition) is 1. The largest absolute Gasteiger partial charge is 0.369 e. The molecule has 12 heavy (non-hydrogen) atoms. The highest BCUT2D eigenvalue weighted by atomic mass is 32.1. The molecule has 0 saturated heterocycles. The Morgan fingerprint density at radius 2 is 2.50 bits per heavy atom. The Morgan fingerprint density at radius 3 is 3.08 bits per heavy atom. The van der Waals surface area contributed by atoms with Crippen molar-refractivity contribution >= 4 is 17.2 Å². The zero-order valence-electron chi connectivity index (χ0n) is 7.04. The second-order valence-corrected chi connectivity index (χ2v) is 3.57. The zero-order valence-corrected chi connectivity index (χ0v) is 7.86. The first-order chi connectivity index (χ1) is 5.72. The summed E-state index contributed by atoms with van der Waals surface area (Å²) in [5, 5.41) is 2.81. The third kappa shape index (κ3) is 2.62. The number of aryl methyl sites for hydroxylation is 1. The molecule has 66 valence electrons. The second-order valence-electron chi connectivity index (χ2n) is 2.63. The third-order valence-electron chi connectivity index (χ3n) is 1.43. The van der Waals surface area contributed by atoms with Gasteiger partial charge in [0.1, 0.15) is 5.01 Å². The standard InChI is InChI=1S/C8H12N2OS/c1-2-3-6-5-12-8(10-6)4-7(9)11/h5H,2-4H2,1H3,(H2,9,11). The van der Waals surface area contributed by atoms with E-state index in [0.29, 0.717) is 0 Å². The molecular formula is C8H12N2OS. The highest BCUT2D eigenvalue weighted by Gasteiger charge is 2.03. The molecule has 0 aromatic carbocycles. The smallest absolute Gasteiger partial charge is 0.224 e. The molecule has 0 atom stereocenters. The second kappa shape index (κ2) is 4.21. The fraction of sp³-hybridized carbons (Fsp3) is 0.500. The lowest BCUT2D eigenvalue weighted by atomic mass is 10.3. The van der Waals surface area contributed by atoms with Crippen molar-refractivity contribution in [3.05, 3.63) is 16.1 Å². The van der Waals surface area contributed by atoms with Crippen LogP contribution in [0.2, 0.25) is 0 Å². The zero-order chi connectivity index (χ0) is 8.97. The predicted octanol–water partition coefficient (Wildman–Crippen LogP) is 1.12. The lowest BCUT2D eigenvalue weighted by Crippen LogP contribution is -2.13. The lowest BCUT2D eigenvalue weighted by molar-refractivity contribution is -0.117. The van der Waals surface area contributed by atoms with E-state index in [1.807, 2.05) is 5.38 Å². The van der Waals surface area contributed by atoms with Crippen LogP contribution in [0.25, 0.3) is 0 Å². The Labute approximate surface area is 75.6 Å². The first-order valence-electron chi connectivity index (χ1n) is 3.94. The summed E-state index contributed by atoms with van der Waals surface area (Å²) in [6.45, 7) is 2.10. The third-order valence-corrected chi connectivity index (χ3v) is 2.33. The summed E-state index contributed by atoms with van der Waals surface area (Å²) in [5.74, 6) is -0.313. The molecule has 2 N–H and O–H groups in total.